The van der Waals surface area contributed by atoms with Crippen LogP contribution in [0.15, 0.2) is 24.3 Å². The molecule has 5 heteroatoms. The van der Waals surface area contributed by atoms with E-state index in [1.807, 2.05) is 24.3 Å². The summed E-state index contributed by atoms with van der Waals surface area (Å²) in [6, 6.07) is 8.04. The van der Waals surface area contributed by atoms with Crippen LogP contribution >= 0.6 is 0 Å². The smallest absolute Gasteiger partial charge is 0.251 e. The molecule has 136 valence electrons. The second-order valence-electron chi connectivity index (χ2n) is 7.40. The number of nitrogens with two attached hydrogens (primary N) is 1. The van der Waals surface area contributed by atoms with Crippen LogP contribution in [-0.2, 0) is 4.79 Å². The van der Waals surface area contributed by atoms with Crippen molar-refractivity contribution < 1.29 is 9.59 Å². The summed E-state index contributed by atoms with van der Waals surface area (Å²) >= 11 is 0. The topological polar surface area (TPSA) is 75.4 Å². The number of amides is 2. The molecule has 0 radical (unpaired) electrons. The normalized spacial score (nSPS) is 22.2. The van der Waals surface area contributed by atoms with E-state index in [-0.39, 0.29) is 17.7 Å². The average molecular weight is 343 g/mol. The van der Waals surface area contributed by atoms with Crippen LogP contribution in [0.25, 0.3) is 0 Å². The molecule has 0 bridgehead atoms. The minimum absolute atomic E-state index is 0.0205. The number of anilines is 1. The van der Waals surface area contributed by atoms with Gasteiger partial charge in [-0.15, -0.1) is 0 Å². The molecule has 3 N–H and O–H groups in total. The number of carbonyl (C=O) groups is 2. The molecule has 1 aliphatic heterocycles. The third-order valence-electron chi connectivity index (χ3n) is 5.51. The number of hydrogen-bond donors (Lipinski definition) is 2. The zero-order chi connectivity index (χ0) is 17.6. The number of nitrogens with zero attached hydrogens (tertiary/aromatic N) is 1. The molecule has 0 aromatic heterocycles. The van der Waals surface area contributed by atoms with Crippen molar-refractivity contribution in [2.24, 2.45) is 11.7 Å². The van der Waals surface area contributed by atoms with Crippen molar-refractivity contribution in [1.82, 2.24) is 5.32 Å². The molecule has 1 atom stereocenters. The first-order valence-corrected chi connectivity index (χ1v) is 9.58. The zero-order valence-corrected chi connectivity index (χ0v) is 14.9. The lowest BCUT2D eigenvalue weighted by molar-refractivity contribution is -0.122. The van der Waals surface area contributed by atoms with Gasteiger partial charge in [-0.1, -0.05) is 25.7 Å². The van der Waals surface area contributed by atoms with Crippen LogP contribution in [0.1, 0.15) is 61.7 Å². The second-order valence-corrected chi connectivity index (χ2v) is 7.40. The lowest BCUT2D eigenvalue weighted by Crippen LogP contribution is -2.41. The largest absolute Gasteiger partial charge is 0.371 e. The quantitative estimate of drug-likeness (QED) is 0.826. The van der Waals surface area contributed by atoms with Crippen molar-refractivity contribution in [2.45, 2.75) is 57.4 Å². The molecular formula is C20H29N3O2. The summed E-state index contributed by atoms with van der Waals surface area (Å²) in [5, 5.41) is 3.18. The fourth-order valence-corrected chi connectivity index (χ4v) is 3.96. The van der Waals surface area contributed by atoms with Gasteiger partial charge in [0.15, 0.2) is 0 Å². The van der Waals surface area contributed by atoms with Crippen LogP contribution in [0.2, 0.25) is 0 Å². The molecule has 0 unspecified atom stereocenters. The third-order valence-corrected chi connectivity index (χ3v) is 5.51. The molecule has 25 heavy (non-hydrogen) atoms. The lowest BCUT2D eigenvalue weighted by atomic mass is 9.97. The monoisotopic (exact) mass is 343 g/mol. The molecule has 1 saturated carbocycles. The van der Waals surface area contributed by atoms with Crippen LogP contribution < -0.4 is 16.0 Å². The first-order chi connectivity index (χ1) is 12.1. The number of benzene rings is 1. The standard InChI is InChI=1S/C20H29N3O2/c21-19(24)16-6-5-13-23(14-16)18-11-9-15(10-12-18)20(25)22-17-7-3-1-2-4-8-17/h9-12,16-17H,1-8,13-14H2,(H2,21,24)(H,22,25)/t16-/m1/s1. The first kappa shape index (κ1) is 17.8. The van der Waals surface area contributed by atoms with Gasteiger partial charge in [-0.2, -0.15) is 0 Å². The average Bonchev–Trinajstić information content (AvgIpc) is 2.90. The Balaban J connectivity index is 1.59. The highest BCUT2D eigenvalue weighted by Crippen LogP contribution is 2.24. The van der Waals surface area contributed by atoms with E-state index in [1.165, 1.54) is 25.7 Å². The predicted octanol–water partition coefficient (Wildman–Crippen LogP) is 2.84. The fraction of sp³-hybridized carbons (Fsp3) is 0.600. The molecule has 1 saturated heterocycles. The Morgan fingerprint density at radius 3 is 2.28 bits per heavy atom. The van der Waals surface area contributed by atoms with Gasteiger partial charge in [-0.3, -0.25) is 9.59 Å². The van der Waals surface area contributed by atoms with Crippen molar-refractivity contribution in [3.63, 3.8) is 0 Å². The molecule has 1 aromatic carbocycles. The summed E-state index contributed by atoms with van der Waals surface area (Å²) in [6.07, 6.45) is 9.00. The highest BCUT2D eigenvalue weighted by Gasteiger charge is 2.24. The van der Waals surface area contributed by atoms with Crippen LogP contribution in [0.3, 0.4) is 0 Å². The highest BCUT2D eigenvalue weighted by molar-refractivity contribution is 5.94. The number of rotatable bonds is 4. The highest BCUT2D eigenvalue weighted by atomic mass is 16.2. The molecule has 0 spiro atoms. The Hall–Kier alpha value is -2.04. The number of piperidine rings is 1. The summed E-state index contributed by atoms with van der Waals surface area (Å²) in [6.45, 7) is 1.60. The predicted molar refractivity (Wildman–Crippen MR) is 99.5 cm³/mol. The van der Waals surface area contributed by atoms with Gasteiger partial charge >= 0.3 is 0 Å². The lowest BCUT2D eigenvalue weighted by Gasteiger charge is -2.33. The SMILES string of the molecule is NC(=O)[C@@H]1CCCN(c2ccc(C(=O)NC3CCCCCC3)cc2)C1. The maximum atomic E-state index is 12.5. The fourth-order valence-electron chi connectivity index (χ4n) is 3.96. The van der Waals surface area contributed by atoms with Gasteiger partial charge in [-0.05, 0) is 49.9 Å². The van der Waals surface area contributed by atoms with E-state index in [9.17, 15) is 9.59 Å². The summed E-state index contributed by atoms with van der Waals surface area (Å²) in [4.78, 5) is 26.1. The molecule has 1 heterocycles. The minimum Gasteiger partial charge on any atom is -0.371 e. The minimum atomic E-state index is -0.218. The van der Waals surface area contributed by atoms with Crippen LogP contribution in [0, 0.1) is 5.92 Å². The van der Waals surface area contributed by atoms with Gasteiger partial charge in [0.1, 0.15) is 0 Å². The van der Waals surface area contributed by atoms with Gasteiger partial charge in [0.05, 0.1) is 5.92 Å². The molecule has 1 aromatic rings. The van der Waals surface area contributed by atoms with E-state index in [0.717, 1.165) is 37.9 Å². The van der Waals surface area contributed by atoms with Gasteiger partial charge in [-0.25, -0.2) is 0 Å². The Morgan fingerprint density at radius 2 is 1.64 bits per heavy atom. The summed E-state index contributed by atoms with van der Waals surface area (Å²) < 4.78 is 0. The molecule has 1 aliphatic carbocycles. The Bertz CT molecular complexity index is 591. The number of carbonyl (C=O) groups excluding carboxylic acids is 2. The summed E-state index contributed by atoms with van der Waals surface area (Å²) in [5.41, 5.74) is 7.21. The summed E-state index contributed by atoms with van der Waals surface area (Å²) in [7, 11) is 0. The molecular weight excluding hydrogens is 314 g/mol. The zero-order valence-electron chi connectivity index (χ0n) is 14.9. The van der Waals surface area contributed by atoms with Crippen LogP contribution in [-0.4, -0.2) is 30.9 Å². The number of hydrogen-bond acceptors (Lipinski definition) is 3. The maximum absolute atomic E-state index is 12.5. The summed E-state index contributed by atoms with van der Waals surface area (Å²) in [5.74, 6) is -0.275. The van der Waals surface area contributed by atoms with Crippen molar-refractivity contribution in [2.75, 3.05) is 18.0 Å². The molecule has 3 rings (SSSR count). The Labute approximate surface area is 150 Å². The van der Waals surface area contributed by atoms with Gasteiger partial charge in [0.25, 0.3) is 5.91 Å². The van der Waals surface area contributed by atoms with Gasteiger partial charge in [0, 0.05) is 30.4 Å². The third kappa shape index (κ3) is 4.74. The van der Waals surface area contributed by atoms with Gasteiger partial charge in [0.2, 0.25) is 5.91 Å². The van der Waals surface area contributed by atoms with E-state index in [0.29, 0.717) is 18.2 Å². The van der Waals surface area contributed by atoms with Crippen molar-refractivity contribution in [1.29, 1.82) is 0 Å². The molecule has 2 aliphatic rings. The first-order valence-electron chi connectivity index (χ1n) is 9.58. The molecule has 5 nitrogen and oxygen atoms in total. The Kier molecular flexibility index (Phi) is 5.95. The van der Waals surface area contributed by atoms with E-state index in [2.05, 4.69) is 10.2 Å². The van der Waals surface area contributed by atoms with Crippen LogP contribution in [0.5, 0.6) is 0 Å². The van der Waals surface area contributed by atoms with Crippen molar-refractivity contribution in [3.05, 3.63) is 29.8 Å². The number of primary amides is 1. The molecule has 2 amide bonds. The van der Waals surface area contributed by atoms with Crippen molar-refractivity contribution >= 4 is 17.5 Å². The van der Waals surface area contributed by atoms with Crippen molar-refractivity contribution in [3.8, 4) is 0 Å². The Morgan fingerprint density at radius 1 is 0.960 bits per heavy atom. The van der Waals surface area contributed by atoms with Crippen LogP contribution in [0.4, 0.5) is 5.69 Å². The number of nitrogens with one attached hydrogen (secondary N) is 1. The van der Waals surface area contributed by atoms with E-state index in [4.69, 9.17) is 5.73 Å². The van der Waals surface area contributed by atoms with E-state index >= 15 is 0 Å². The second kappa shape index (κ2) is 8.37. The maximum Gasteiger partial charge on any atom is 0.251 e. The molecule has 2 fully saturated rings. The van der Waals surface area contributed by atoms with E-state index in [1.54, 1.807) is 0 Å². The van der Waals surface area contributed by atoms with Gasteiger partial charge < -0.3 is 16.0 Å². The van der Waals surface area contributed by atoms with E-state index < -0.39 is 0 Å².